The minimum atomic E-state index is -0.980. The first-order valence-corrected chi connectivity index (χ1v) is 8.14. The zero-order valence-electron chi connectivity index (χ0n) is 12.1. The van der Waals surface area contributed by atoms with Crippen molar-refractivity contribution in [1.29, 1.82) is 0 Å². The summed E-state index contributed by atoms with van der Waals surface area (Å²) in [6.45, 7) is 1.44. The number of rotatable bonds is 3. The Kier molecular flexibility index (Phi) is 4.24. The van der Waals surface area contributed by atoms with E-state index in [1.807, 2.05) is 23.1 Å². The topological polar surface area (TPSA) is 57.6 Å². The van der Waals surface area contributed by atoms with Gasteiger partial charge in [-0.2, -0.15) is 0 Å². The minimum absolute atomic E-state index is 0.0518. The lowest BCUT2D eigenvalue weighted by Crippen LogP contribution is -2.37. The zero-order chi connectivity index (χ0) is 15.5. The number of likely N-dealkylation sites (tertiary alicyclic amines) is 1. The summed E-state index contributed by atoms with van der Waals surface area (Å²) in [5.41, 5.74) is 1.33. The number of carbonyl (C=O) groups is 2. The van der Waals surface area contributed by atoms with Crippen molar-refractivity contribution in [3.8, 4) is 0 Å². The second-order valence-electron chi connectivity index (χ2n) is 5.45. The van der Waals surface area contributed by atoms with Gasteiger partial charge in [0.05, 0.1) is 4.88 Å². The maximum atomic E-state index is 12.4. The number of thiophene rings is 1. The molecule has 5 heteroatoms. The molecule has 0 unspecified atom stereocenters. The molecule has 0 atom stereocenters. The van der Waals surface area contributed by atoms with E-state index in [-0.39, 0.29) is 10.8 Å². The maximum Gasteiger partial charge on any atom is 0.345 e. The Morgan fingerprint density at radius 2 is 1.64 bits per heavy atom. The average Bonchev–Trinajstić information content (AvgIpc) is 3.05. The molecule has 0 bridgehead atoms. The Morgan fingerprint density at radius 3 is 2.23 bits per heavy atom. The number of amides is 1. The number of piperidine rings is 1. The van der Waals surface area contributed by atoms with Crippen molar-refractivity contribution in [3.05, 3.63) is 57.8 Å². The van der Waals surface area contributed by atoms with Crippen LogP contribution in [-0.4, -0.2) is 35.0 Å². The molecule has 4 nitrogen and oxygen atoms in total. The van der Waals surface area contributed by atoms with Gasteiger partial charge in [0.1, 0.15) is 4.88 Å². The van der Waals surface area contributed by atoms with Gasteiger partial charge in [-0.25, -0.2) is 4.79 Å². The van der Waals surface area contributed by atoms with Gasteiger partial charge in [-0.15, -0.1) is 11.3 Å². The number of carbonyl (C=O) groups excluding carboxylic acids is 1. The van der Waals surface area contributed by atoms with Crippen molar-refractivity contribution < 1.29 is 14.7 Å². The van der Waals surface area contributed by atoms with E-state index in [2.05, 4.69) is 12.1 Å². The number of benzene rings is 1. The van der Waals surface area contributed by atoms with E-state index in [0.29, 0.717) is 10.8 Å². The monoisotopic (exact) mass is 315 g/mol. The highest BCUT2D eigenvalue weighted by atomic mass is 32.1. The molecule has 1 N–H and O–H groups in total. The predicted octanol–water partition coefficient (Wildman–Crippen LogP) is 3.47. The van der Waals surface area contributed by atoms with Gasteiger partial charge in [0.15, 0.2) is 0 Å². The van der Waals surface area contributed by atoms with Crippen molar-refractivity contribution in [2.24, 2.45) is 0 Å². The molecule has 0 aliphatic carbocycles. The summed E-state index contributed by atoms with van der Waals surface area (Å²) < 4.78 is 0. The van der Waals surface area contributed by atoms with Crippen LogP contribution in [0.3, 0.4) is 0 Å². The summed E-state index contributed by atoms with van der Waals surface area (Å²) in [5, 5.41) is 8.94. The fraction of sp³-hybridized carbons (Fsp3) is 0.294. The molecule has 114 valence electrons. The number of hydrogen-bond acceptors (Lipinski definition) is 3. The van der Waals surface area contributed by atoms with E-state index in [0.717, 1.165) is 37.3 Å². The summed E-state index contributed by atoms with van der Waals surface area (Å²) >= 11 is 1.05. The Hall–Kier alpha value is -2.14. The molecule has 0 radical (unpaired) electrons. The number of carboxylic acids is 1. The quantitative estimate of drug-likeness (QED) is 0.943. The number of nitrogens with zero attached hydrogens (tertiary/aromatic N) is 1. The molecule has 22 heavy (non-hydrogen) atoms. The molecule has 1 aliphatic rings. The van der Waals surface area contributed by atoms with Crippen LogP contribution in [0.1, 0.15) is 43.7 Å². The van der Waals surface area contributed by atoms with Gasteiger partial charge in [0.2, 0.25) is 0 Å². The minimum Gasteiger partial charge on any atom is -0.477 e. The smallest absolute Gasteiger partial charge is 0.345 e. The van der Waals surface area contributed by atoms with Crippen LogP contribution in [0.25, 0.3) is 0 Å². The maximum absolute atomic E-state index is 12.4. The highest BCUT2D eigenvalue weighted by Gasteiger charge is 2.25. The van der Waals surface area contributed by atoms with Crippen molar-refractivity contribution in [3.63, 3.8) is 0 Å². The molecule has 1 amide bonds. The Morgan fingerprint density at radius 1 is 1.00 bits per heavy atom. The molecule has 1 saturated heterocycles. The lowest BCUT2D eigenvalue weighted by molar-refractivity contribution is 0.0699. The van der Waals surface area contributed by atoms with Crippen LogP contribution >= 0.6 is 11.3 Å². The molecule has 0 saturated carbocycles. The molecule has 1 aromatic heterocycles. The van der Waals surface area contributed by atoms with Gasteiger partial charge >= 0.3 is 5.97 Å². The normalized spacial score (nSPS) is 15.7. The lowest BCUT2D eigenvalue weighted by Gasteiger charge is -2.32. The van der Waals surface area contributed by atoms with E-state index in [1.54, 1.807) is 6.07 Å². The van der Waals surface area contributed by atoms with Crippen LogP contribution in [0.15, 0.2) is 42.5 Å². The fourth-order valence-corrected chi connectivity index (χ4v) is 3.68. The third kappa shape index (κ3) is 3.04. The van der Waals surface area contributed by atoms with Gasteiger partial charge in [-0.1, -0.05) is 30.3 Å². The Bertz CT molecular complexity index is 672. The van der Waals surface area contributed by atoms with Gasteiger partial charge in [0.25, 0.3) is 5.91 Å². The van der Waals surface area contributed by atoms with Gasteiger partial charge < -0.3 is 10.0 Å². The summed E-state index contributed by atoms with van der Waals surface area (Å²) in [4.78, 5) is 25.9. The molecule has 3 rings (SSSR count). The third-order valence-electron chi connectivity index (χ3n) is 4.08. The van der Waals surface area contributed by atoms with E-state index in [1.165, 1.54) is 11.6 Å². The Labute approximate surface area is 133 Å². The molecule has 0 spiro atoms. The SMILES string of the molecule is O=C(O)c1ccc(C(=O)N2CCC(c3ccccc3)CC2)s1. The molecular formula is C17H17NO3S. The standard InChI is InChI=1S/C17H17NO3S/c19-16(14-6-7-15(22-14)17(20)21)18-10-8-13(9-11-18)12-4-2-1-3-5-12/h1-7,13H,8-11H2,(H,20,21). The van der Waals surface area contributed by atoms with Crippen LogP contribution < -0.4 is 0 Å². The third-order valence-corrected chi connectivity index (χ3v) is 5.14. The van der Waals surface area contributed by atoms with Crippen LogP contribution in [0.2, 0.25) is 0 Å². The van der Waals surface area contributed by atoms with Crippen LogP contribution in [0.4, 0.5) is 0 Å². The van der Waals surface area contributed by atoms with E-state index >= 15 is 0 Å². The number of carboxylic acid groups (broad SMARTS) is 1. The van der Waals surface area contributed by atoms with Crippen LogP contribution in [-0.2, 0) is 0 Å². The zero-order valence-corrected chi connectivity index (χ0v) is 12.9. The van der Waals surface area contributed by atoms with Crippen molar-refractivity contribution in [2.45, 2.75) is 18.8 Å². The molecule has 2 aromatic rings. The summed E-state index contributed by atoms with van der Waals surface area (Å²) in [6.07, 6.45) is 1.90. The van der Waals surface area contributed by atoms with Gasteiger partial charge in [-0.05, 0) is 36.5 Å². The van der Waals surface area contributed by atoms with E-state index < -0.39 is 5.97 Å². The summed E-state index contributed by atoms with van der Waals surface area (Å²) in [7, 11) is 0. The lowest BCUT2D eigenvalue weighted by atomic mass is 9.89. The largest absolute Gasteiger partial charge is 0.477 e. The first-order valence-electron chi connectivity index (χ1n) is 7.32. The molecular weight excluding hydrogens is 298 g/mol. The summed E-state index contributed by atoms with van der Waals surface area (Å²) in [5.74, 6) is -0.529. The van der Waals surface area contributed by atoms with Crippen molar-refractivity contribution >= 4 is 23.2 Å². The van der Waals surface area contributed by atoms with E-state index in [4.69, 9.17) is 5.11 Å². The number of aromatic carboxylic acids is 1. The predicted molar refractivity (Wildman–Crippen MR) is 85.6 cm³/mol. The number of hydrogen-bond donors (Lipinski definition) is 1. The van der Waals surface area contributed by atoms with Gasteiger partial charge in [-0.3, -0.25) is 4.79 Å². The second-order valence-corrected chi connectivity index (χ2v) is 6.53. The summed E-state index contributed by atoms with van der Waals surface area (Å²) in [6, 6.07) is 13.5. The van der Waals surface area contributed by atoms with Crippen molar-refractivity contribution in [1.82, 2.24) is 4.90 Å². The first kappa shape index (κ1) is 14.8. The molecule has 1 fully saturated rings. The molecule has 2 heterocycles. The Balaban J connectivity index is 1.63. The first-order chi connectivity index (χ1) is 10.6. The molecule has 1 aromatic carbocycles. The van der Waals surface area contributed by atoms with Crippen molar-refractivity contribution in [2.75, 3.05) is 13.1 Å². The highest BCUT2D eigenvalue weighted by Crippen LogP contribution is 2.29. The van der Waals surface area contributed by atoms with Gasteiger partial charge in [0, 0.05) is 13.1 Å². The molecule has 1 aliphatic heterocycles. The van der Waals surface area contributed by atoms with E-state index in [9.17, 15) is 9.59 Å². The van der Waals surface area contributed by atoms with Crippen LogP contribution in [0.5, 0.6) is 0 Å². The fourth-order valence-electron chi connectivity index (χ4n) is 2.86. The highest BCUT2D eigenvalue weighted by molar-refractivity contribution is 7.15. The van der Waals surface area contributed by atoms with Crippen LogP contribution in [0, 0.1) is 0 Å². The second kappa shape index (κ2) is 6.32. The average molecular weight is 315 g/mol.